The molecule has 0 saturated carbocycles. The minimum Gasteiger partial charge on any atom is -0.361 e. The van der Waals surface area contributed by atoms with E-state index in [1.54, 1.807) is 12.3 Å². The highest BCUT2D eigenvalue weighted by molar-refractivity contribution is 5.93. The van der Waals surface area contributed by atoms with Gasteiger partial charge in [0.15, 0.2) is 0 Å². The first-order chi connectivity index (χ1) is 13.5. The van der Waals surface area contributed by atoms with Gasteiger partial charge < -0.3 is 9.42 Å². The van der Waals surface area contributed by atoms with Gasteiger partial charge in [-0.2, -0.15) is 10.2 Å². The molecule has 0 aromatic carbocycles. The summed E-state index contributed by atoms with van der Waals surface area (Å²) < 4.78 is 5.29. The van der Waals surface area contributed by atoms with Gasteiger partial charge in [-0.15, -0.1) is 0 Å². The SMILES string of the molecule is Cc1nc(-c2c(C)noc2C)cc(C2CCN(C(=O)c3ccnnc3)CC2)n1. The van der Waals surface area contributed by atoms with E-state index in [1.165, 1.54) is 6.20 Å². The molecule has 8 nitrogen and oxygen atoms in total. The van der Waals surface area contributed by atoms with Crippen LogP contribution in [0.15, 0.2) is 29.0 Å². The van der Waals surface area contributed by atoms with Crippen LogP contribution in [0.1, 0.15) is 52.1 Å². The molecule has 0 bridgehead atoms. The molecule has 3 aromatic heterocycles. The summed E-state index contributed by atoms with van der Waals surface area (Å²) in [6, 6.07) is 3.74. The Bertz CT molecular complexity index is 974. The van der Waals surface area contributed by atoms with E-state index in [0.717, 1.165) is 47.1 Å². The fourth-order valence-corrected chi connectivity index (χ4v) is 3.75. The molecular weight excluding hydrogens is 356 g/mol. The highest BCUT2D eigenvalue weighted by atomic mass is 16.5. The average molecular weight is 378 g/mol. The van der Waals surface area contributed by atoms with Crippen LogP contribution in [0.4, 0.5) is 0 Å². The minimum absolute atomic E-state index is 0.00336. The van der Waals surface area contributed by atoms with Crippen LogP contribution in [0.25, 0.3) is 11.3 Å². The van der Waals surface area contributed by atoms with Crippen molar-refractivity contribution < 1.29 is 9.32 Å². The molecule has 144 valence electrons. The molecule has 4 heterocycles. The van der Waals surface area contributed by atoms with Crippen molar-refractivity contribution in [2.24, 2.45) is 0 Å². The number of carbonyl (C=O) groups is 1. The van der Waals surface area contributed by atoms with E-state index in [4.69, 9.17) is 4.52 Å². The largest absolute Gasteiger partial charge is 0.361 e. The van der Waals surface area contributed by atoms with Crippen molar-refractivity contribution in [1.29, 1.82) is 0 Å². The number of aromatic nitrogens is 5. The van der Waals surface area contributed by atoms with Gasteiger partial charge in [0.05, 0.1) is 34.9 Å². The van der Waals surface area contributed by atoms with Gasteiger partial charge in [0, 0.05) is 24.7 Å². The molecule has 3 aromatic rings. The molecule has 0 aliphatic carbocycles. The summed E-state index contributed by atoms with van der Waals surface area (Å²) in [5, 5.41) is 11.6. The number of likely N-dealkylation sites (tertiary alicyclic amines) is 1. The first kappa shape index (κ1) is 18.2. The van der Waals surface area contributed by atoms with E-state index in [2.05, 4.69) is 25.3 Å². The number of carbonyl (C=O) groups excluding carboxylic acids is 1. The zero-order valence-corrected chi connectivity index (χ0v) is 16.2. The molecule has 1 aliphatic heterocycles. The zero-order chi connectivity index (χ0) is 19.7. The number of aryl methyl sites for hydroxylation is 3. The number of nitrogens with zero attached hydrogens (tertiary/aromatic N) is 6. The quantitative estimate of drug-likeness (QED) is 0.691. The lowest BCUT2D eigenvalue weighted by atomic mass is 9.92. The number of hydrogen-bond donors (Lipinski definition) is 0. The third kappa shape index (κ3) is 3.49. The summed E-state index contributed by atoms with van der Waals surface area (Å²) in [5.74, 6) is 1.78. The Labute approximate surface area is 163 Å². The summed E-state index contributed by atoms with van der Waals surface area (Å²) >= 11 is 0. The minimum atomic E-state index is 0.00336. The molecule has 0 N–H and O–H groups in total. The lowest BCUT2D eigenvalue weighted by Gasteiger charge is -2.32. The van der Waals surface area contributed by atoms with Gasteiger partial charge in [-0.1, -0.05) is 5.16 Å². The number of amides is 1. The van der Waals surface area contributed by atoms with Crippen LogP contribution < -0.4 is 0 Å². The van der Waals surface area contributed by atoms with Gasteiger partial charge >= 0.3 is 0 Å². The van der Waals surface area contributed by atoms with E-state index < -0.39 is 0 Å². The lowest BCUT2D eigenvalue weighted by molar-refractivity contribution is 0.0711. The molecule has 0 unspecified atom stereocenters. The van der Waals surface area contributed by atoms with E-state index in [9.17, 15) is 4.79 Å². The van der Waals surface area contributed by atoms with Crippen molar-refractivity contribution in [3.63, 3.8) is 0 Å². The van der Waals surface area contributed by atoms with Crippen LogP contribution in [0.5, 0.6) is 0 Å². The van der Waals surface area contributed by atoms with Crippen LogP contribution in [0.3, 0.4) is 0 Å². The Morgan fingerprint density at radius 1 is 1.14 bits per heavy atom. The molecule has 0 radical (unpaired) electrons. The van der Waals surface area contributed by atoms with Crippen LogP contribution in [0.2, 0.25) is 0 Å². The van der Waals surface area contributed by atoms with Gasteiger partial charge in [0.2, 0.25) is 0 Å². The molecule has 28 heavy (non-hydrogen) atoms. The molecule has 1 amide bonds. The van der Waals surface area contributed by atoms with Crippen molar-refractivity contribution in [2.75, 3.05) is 13.1 Å². The van der Waals surface area contributed by atoms with Crippen LogP contribution >= 0.6 is 0 Å². The van der Waals surface area contributed by atoms with Crippen LogP contribution in [-0.2, 0) is 0 Å². The van der Waals surface area contributed by atoms with Crippen molar-refractivity contribution in [1.82, 2.24) is 30.2 Å². The Balaban J connectivity index is 1.51. The van der Waals surface area contributed by atoms with Crippen molar-refractivity contribution in [3.8, 4) is 11.3 Å². The fraction of sp³-hybridized carbons (Fsp3) is 0.400. The van der Waals surface area contributed by atoms with Gasteiger partial charge in [0.25, 0.3) is 5.91 Å². The topological polar surface area (TPSA) is 97.9 Å². The molecule has 1 saturated heterocycles. The van der Waals surface area contributed by atoms with E-state index in [1.807, 2.05) is 31.7 Å². The van der Waals surface area contributed by atoms with E-state index >= 15 is 0 Å². The fourth-order valence-electron chi connectivity index (χ4n) is 3.75. The maximum Gasteiger partial charge on any atom is 0.255 e. The summed E-state index contributed by atoms with van der Waals surface area (Å²) in [7, 11) is 0. The van der Waals surface area contributed by atoms with Gasteiger partial charge in [-0.05, 0) is 45.7 Å². The van der Waals surface area contributed by atoms with Crippen LogP contribution in [-0.4, -0.2) is 49.2 Å². The Morgan fingerprint density at radius 2 is 1.93 bits per heavy atom. The predicted molar refractivity (Wildman–Crippen MR) is 102 cm³/mol. The molecule has 1 fully saturated rings. The molecule has 8 heteroatoms. The van der Waals surface area contributed by atoms with Gasteiger partial charge in [-0.3, -0.25) is 4.79 Å². The smallest absolute Gasteiger partial charge is 0.255 e. The van der Waals surface area contributed by atoms with Gasteiger partial charge in [0.1, 0.15) is 11.6 Å². The third-order valence-corrected chi connectivity index (χ3v) is 5.18. The summed E-state index contributed by atoms with van der Waals surface area (Å²) in [5.41, 5.74) is 4.20. The van der Waals surface area contributed by atoms with E-state index in [-0.39, 0.29) is 5.91 Å². The Hall–Kier alpha value is -3.16. The summed E-state index contributed by atoms with van der Waals surface area (Å²) in [4.78, 5) is 23.7. The maximum atomic E-state index is 12.6. The Kier molecular flexibility index (Phi) is 4.85. The second-order valence-electron chi connectivity index (χ2n) is 7.12. The van der Waals surface area contributed by atoms with Crippen molar-refractivity contribution in [2.45, 2.75) is 39.5 Å². The molecule has 0 atom stereocenters. The first-order valence-corrected chi connectivity index (χ1v) is 9.37. The molecule has 0 spiro atoms. The Morgan fingerprint density at radius 3 is 2.57 bits per heavy atom. The number of piperidine rings is 1. The second kappa shape index (κ2) is 7.46. The third-order valence-electron chi connectivity index (χ3n) is 5.18. The van der Waals surface area contributed by atoms with Crippen molar-refractivity contribution in [3.05, 3.63) is 53.1 Å². The highest BCUT2D eigenvalue weighted by Crippen LogP contribution is 2.31. The zero-order valence-electron chi connectivity index (χ0n) is 16.2. The average Bonchev–Trinajstić information content (AvgIpc) is 3.06. The normalized spacial score (nSPS) is 15.0. The summed E-state index contributed by atoms with van der Waals surface area (Å²) in [6.45, 7) is 7.09. The number of hydrogen-bond acceptors (Lipinski definition) is 7. The standard InChI is InChI=1S/C20H22N6O2/c1-12-19(13(2)28-25-12)18-10-17(23-14(3)24-18)15-5-8-26(9-6-15)20(27)16-4-7-21-22-11-16/h4,7,10-11,15H,5-6,8-9H2,1-3H3. The summed E-state index contributed by atoms with van der Waals surface area (Å²) in [6.07, 6.45) is 4.78. The van der Waals surface area contributed by atoms with E-state index in [0.29, 0.717) is 24.6 Å². The molecule has 1 aliphatic rings. The maximum absolute atomic E-state index is 12.6. The molecular formula is C20H22N6O2. The monoisotopic (exact) mass is 378 g/mol. The first-order valence-electron chi connectivity index (χ1n) is 9.37. The lowest BCUT2D eigenvalue weighted by Crippen LogP contribution is -2.38. The predicted octanol–water partition coefficient (Wildman–Crippen LogP) is 2.87. The second-order valence-corrected chi connectivity index (χ2v) is 7.12. The van der Waals surface area contributed by atoms with Gasteiger partial charge in [-0.25, -0.2) is 9.97 Å². The molecule has 4 rings (SSSR count). The number of rotatable bonds is 3. The highest BCUT2D eigenvalue weighted by Gasteiger charge is 2.26. The van der Waals surface area contributed by atoms with Crippen LogP contribution in [0, 0.1) is 20.8 Å². The van der Waals surface area contributed by atoms with Crippen molar-refractivity contribution >= 4 is 5.91 Å².